The van der Waals surface area contributed by atoms with Gasteiger partial charge in [-0.05, 0) is 32.4 Å². The van der Waals surface area contributed by atoms with Crippen LogP contribution in [0.2, 0.25) is 0 Å². The molecular weight excluding hydrogens is 290 g/mol. The summed E-state index contributed by atoms with van der Waals surface area (Å²) in [6.45, 7) is 6.26. The van der Waals surface area contributed by atoms with Crippen molar-refractivity contribution in [1.82, 2.24) is 4.98 Å². The largest absolute Gasteiger partial charge is 0.464 e. The molecular formula is C15H19NO2S2. The number of rotatable bonds is 6. The number of nitrogens with zero attached hydrogens (tertiary/aromatic N) is 1. The van der Waals surface area contributed by atoms with Gasteiger partial charge < -0.3 is 4.74 Å². The molecule has 0 amide bonds. The molecule has 1 aromatic heterocycles. The van der Waals surface area contributed by atoms with E-state index in [1.807, 2.05) is 39.0 Å². The predicted molar refractivity (Wildman–Crippen MR) is 85.4 cm³/mol. The maximum absolute atomic E-state index is 11.8. The molecule has 0 spiro atoms. The number of aromatic nitrogens is 1. The van der Waals surface area contributed by atoms with Gasteiger partial charge in [-0.2, -0.15) is 0 Å². The number of hydrogen-bond donors (Lipinski definition) is 0. The number of carbonyl (C=O) groups is 1. The number of carbonyl (C=O) groups excluding carboxylic acids is 1. The molecule has 0 aliphatic carbocycles. The van der Waals surface area contributed by atoms with Crippen LogP contribution in [0, 0.1) is 5.41 Å². The Morgan fingerprint density at radius 3 is 2.85 bits per heavy atom. The molecule has 5 heteroatoms. The number of ether oxygens (including phenoxy) is 1. The fourth-order valence-electron chi connectivity index (χ4n) is 1.52. The number of hydrogen-bond acceptors (Lipinski definition) is 5. The van der Waals surface area contributed by atoms with Gasteiger partial charge in [0.15, 0.2) is 4.34 Å². The summed E-state index contributed by atoms with van der Waals surface area (Å²) in [6, 6.07) is 8.09. The molecule has 0 N–H and O–H groups in total. The van der Waals surface area contributed by atoms with E-state index < -0.39 is 0 Å². The molecule has 0 radical (unpaired) electrons. The highest BCUT2D eigenvalue weighted by molar-refractivity contribution is 8.01. The molecule has 20 heavy (non-hydrogen) atoms. The van der Waals surface area contributed by atoms with Gasteiger partial charge >= 0.3 is 5.97 Å². The summed E-state index contributed by atoms with van der Waals surface area (Å²) < 4.78 is 7.53. The Labute approximate surface area is 127 Å². The summed E-state index contributed by atoms with van der Waals surface area (Å²) in [5.74, 6) is 0.621. The minimum absolute atomic E-state index is 0.120. The van der Waals surface area contributed by atoms with E-state index in [1.165, 1.54) is 4.70 Å². The van der Waals surface area contributed by atoms with Gasteiger partial charge in [-0.15, -0.1) is 11.3 Å². The number of esters is 1. The minimum atomic E-state index is -0.388. The minimum Gasteiger partial charge on any atom is -0.464 e. The van der Waals surface area contributed by atoms with Crippen molar-refractivity contribution < 1.29 is 9.53 Å². The lowest BCUT2D eigenvalue weighted by molar-refractivity contribution is -0.153. The Morgan fingerprint density at radius 2 is 2.15 bits per heavy atom. The first-order chi connectivity index (χ1) is 9.53. The lowest BCUT2D eigenvalue weighted by atomic mass is 9.91. The highest BCUT2D eigenvalue weighted by Crippen LogP contribution is 2.29. The molecule has 3 nitrogen and oxygen atoms in total. The normalized spacial score (nSPS) is 11.8. The standard InChI is InChI=1S/C15H19NO2S2/c1-4-15(2,3)13(17)18-9-10-19-14-16-11-7-5-6-8-12(11)20-14/h5-8H,4,9-10H2,1-3H3. The summed E-state index contributed by atoms with van der Waals surface area (Å²) in [4.78, 5) is 16.3. The molecule has 0 saturated heterocycles. The van der Waals surface area contributed by atoms with E-state index in [-0.39, 0.29) is 11.4 Å². The predicted octanol–water partition coefficient (Wildman–Crippen LogP) is 4.37. The molecule has 2 rings (SSSR count). The van der Waals surface area contributed by atoms with Crippen molar-refractivity contribution in [2.24, 2.45) is 5.41 Å². The van der Waals surface area contributed by atoms with Crippen LogP contribution in [0.1, 0.15) is 27.2 Å². The summed E-state index contributed by atoms with van der Waals surface area (Å²) in [6.07, 6.45) is 0.789. The van der Waals surface area contributed by atoms with Crippen LogP contribution in [0.25, 0.3) is 10.2 Å². The van der Waals surface area contributed by atoms with E-state index >= 15 is 0 Å². The van der Waals surface area contributed by atoms with Crippen LogP contribution in [0.5, 0.6) is 0 Å². The van der Waals surface area contributed by atoms with Crippen molar-refractivity contribution in [3.63, 3.8) is 0 Å². The Morgan fingerprint density at radius 1 is 1.40 bits per heavy atom. The van der Waals surface area contributed by atoms with Crippen molar-refractivity contribution >= 4 is 39.3 Å². The Kier molecular flexibility index (Phi) is 5.05. The van der Waals surface area contributed by atoms with Crippen LogP contribution >= 0.6 is 23.1 Å². The number of fused-ring (bicyclic) bond motifs is 1. The molecule has 1 heterocycles. The molecule has 0 saturated carbocycles. The summed E-state index contributed by atoms with van der Waals surface area (Å²) in [5.41, 5.74) is 0.643. The van der Waals surface area contributed by atoms with Crippen LogP contribution in [-0.4, -0.2) is 23.3 Å². The molecule has 108 valence electrons. The highest BCUT2D eigenvalue weighted by Gasteiger charge is 2.26. The quantitative estimate of drug-likeness (QED) is 0.451. The van der Waals surface area contributed by atoms with Gasteiger partial charge in [-0.1, -0.05) is 30.8 Å². The second kappa shape index (κ2) is 6.59. The second-order valence-corrected chi connectivity index (χ2v) is 7.54. The van der Waals surface area contributed by atoms with Gasteiger partial charge in [-0.3, -0.25) is 4.79 Å². The first-order valence-corrected chi connectivity index (χ1v) is 8.49. The number of thioether (sulfide) groups is 1. The Bertz CT molecular complexity index is 559. The van der Waals surface area contributed by atoms with E-state index in [4.69, 9.17) is 4.74 Å². The van der Waals surface area contributed by atoms with Gasteiger partial charge in [0.05, 0.1) is 15.6 Å². The van der Waals surface area contributed by atoms with Gasteiger partial charge in [0.25, 0.3) is 0 Å². The average Bonchev–Trinajstić information content (AvgIpc) is 2.85. The number of para-hydroxylation sites is 1. The summed E-state index contributed by atoms with van der Waals surface area (Å²) >= 11 is 3.31. The lowest BCUT2D eigenvalue weighted by Gasteiger charge is -2.19. The maximum atomic E-state index is 11.8. The number of benzene rings is 1. The van der Waals surface area contributed by atoms with Crippen molar-refractivity contribution in [1.29, 1.82) is 0 Å². The van der Waals surface area contributed by atoms with Crippen molar-refractivity contribution in [3.8, 4) is 0 Å². The van der Waals surface area contributed by atoms with Crippen molar-refractivity contribution in [2.75, 3.05) is 12.4 Å². The zero-order valence-electron chi connectivity index (χ0n) is 12.0. The van der Waals surface area contributed by atoms with Gasteiger partial charge in [0, 0.05) is 5.75 Å². The molecule has 0 bridgehead atoms. The first-order valence-electron chi connectivity index (χ1n) is 6.68. The third-order valence-corrected chi connectivity index (χ3v) is 5.40. The lowest BCUT2D eigenvalue weighted by Crippen LogP contribution is -2.26. The maximum Gasteiger partial charge on any atom is 0.311 e. The molecule has 0 aliphatic heterocycles. The smallest absolute Gasteiger partial charge is 0.311 e. The molecule has 0 unspecified atom stereocenters. The van der Waals surface area contributed by atoms with Gasteiger partial charge in [-0.25, -0.2) is 4.98 Å². The number of thiazole rings is 1. The molecule has 0 aliphatic rings. The average molecular weight is 309 g/mol. The van der Waals surface area contributed by atoms with E-state index in [0.717, 1.165) is 22.0 Å². The van der Waals surface area contributed by atoms with Gasteiger partial charge in [0.1, 0.15) is 6.61 Å². The third-order valence-electron chi connectivity index (χ3n) is 3.25. The van der Waals surface area contributed by atoms with Crippen molar-refractivity contribution in [2.45, 2.75) is 31.5 Å². The van der Waals surface area contributed by atoms with Crippen LogP contribution in [0.4, 0.5) is 0 Å². The fourth-order valence-corrected chi connectivity index (χ4v) is 3.47. The van der Waals surface area contributed by atoms with E-state index in [2.05, 4.69) is 11.1 Å². The zero-order valence-corrected chi connectivity index (χ0v) is 13.6. The van der Waals surface area contributed by atoms with Crippen LogP contribution in [-0.2, 0) is 9.53 Å². The molecule has 1 aromatic carbocycles. The summed E-state index contributed by atoms with van der Waals surface area (Å²) in [5, 5.41) is 0. The van der Waals surface area contributed by atoms with Crippen LogP contribution < -0.4 is 0 Å². The second-order valence-electron chi connectivity index (χ2n) is 5.17. The third kappa shape index (κ3) is 3.73. The van der Waals surface area contributed by atoms with E-state index in [9.17, 15) is 4.79 Å². The van der Waals surface area contributed by atoms with Crippen LogP contribution in [0.15, 0.2) is 28.6 Å². The SMILES string of the molecule is CCC(C)(C)C(=O)OCCSc1nc2ccccc2s1. The Balaban J connectivity index is 1.80. The van der Waals surface area contributed by atoms with E-state index in [1.54, 1.807) is 23.1 Å². The summed E-state index contributed by atoms with van der Waals surface area (Å²) in [7, 11) is 0. The van der Waals surface area contributed by atoms with Crippen LogP contribution in [0.3, 0.4) is 0 Å². The first kappa shape index (κ1) is 15.3. The highest BCUT2D eigenvalue weighted by atomic mass is 32.2. The Hall–Kier alpha value is -1.07. The molecule has 0 fully saturated rings. The molecule has 0 atom stereocenters. The fraction of sp³-hybridized carbons (Fsp3) is 0.467. The van der Waals surface area contributed by atoms with Crippen molar-refractivity contribution in [3.05, 3.63) is 24.3 Å². The monoisotopic (exact) mass is 309 g/mol. The van der Waals surface area contributed by atoms with Gasteiger partial charge in [0.2, 0.25) is 0 Å². The topological polar surface area (TPSA) is 39.2 Å². The molecule has 2 aromatic rings. The zero-order chi connectivity index (χ0) is 14.6. The van der Waals surface area contributed by atoms with E-state index in [0.29, 0.717) is 6.61 Å².